The smallest absolute Gasteiger partial charge is 0.157 e. The van der Waals surface area contributed by atoms with Gasteiger partial charge >= 0.3 is 0 Å². The van der Waals surface area contributed by atoms with Crippen molar-refractivity contribution < 1.29 is 4.42 Å². The molecule has 0 bridgehead atoms. The zero-order chi connectivity index (χ0) is 42.3. The van der Waals surface area contributed by atoms with Gasteiger partial charge in [0.15, 0.2) is 5.58 Å². The van der Waals surface area contributed by atoms with Gasteiger partial charge in [-0.25, -0.2) is 0 Å². The van der Waals surface area contributed by atoms with E-state index in [-0.39, 0.29) is 0 Å². The van der Waals surface area contributed by atoms with Crippen molar-refractivity contribution in [2.75, 3.05) is 0 Å². The number of hydrogen-bond donors (Lipinski definition) is 0. The van der Waals surface area contributed by atoms with Gasteiger partial charge in [0.1, 0.15) is 27.6 Å². The molecule has 0 unspecified atom stereocenters. The Morgan fingerprint density at radius 3 is 1.77 bits per heavy atom. The van der Waals surface area contributed by atoms with Gasteiger partial charge < -0.3 is 18.1 Å². The molecule has 302 valence electrons. The van der Waals surface area contributed by atoms with Crippen LogP contribution in [0.15, 0.2) is 157 Å². The van der Waals surface area contributed by atoms with Gasteiger partial charge in [-0.2, -0.15) is 30.6 Å². The quantitative estimate of drug-likeness (QED) is 0.166. The Balaban J connectivity index is 0.946. The fraction of sp³-hybridized carbons (Fsp3) is 0. The molecule has 0 aliphatic heterocycles. The van der Waals surface area contributed by atoms with Crippen molar-refractivity contribution in [1.82, 2.24) is 64.7 Å². The Labute approximate surface area is 367 Å². The second-order valence-electron chi connectivity index (χ2n) is 16.0. The van der Waals surface area contributed by atoms with Crippen molar-refractivity contribution in [3.8, 4) is 28.2 Å². The van der Waals surface area contributed by atoms with Gasteiger partial charge in [-0.3, -0.25) is 0 Å². The highest BCUT2D eigenvalue weighted by Gasteiger charge is 2.23. The minimum absolute atomic E-state index is 0.660. The summed E-state index contributed by atoms with van der Waals surface area (Å²) in [6.07, 6.45) is 10.3. The van der Waals surface area contributed by atoms with Gasteiger partial charge in [-0.15, -0.1) is 31.7 Å². The largest absolute Gasteiger partial charge is 0.454 e. The monoisotopic (exact) mass is 855 g/mol. The molecule has 5 aromatic carbocycles. The van der Waals surface area contributed by atoms with Crippen LogP contribution < -0.4 is 0 Å². The Hall–Kier alpha value is -9.08. The predicted molar refractivity (Wildman–Crippen MR) is 253 cm³/mol. The van der Waals surface area contributed by atoms with Crippen LogP contribution >= 0.6 is 11.3 Å². The number of aromatic nitrogens is 13. The average Bonchev–Trinajstić information content (AvgIpc) is 4.17. The molecule has 0 fully saturated rings. The molecule has 65 heavy (non-hydrogen) atoms. The third kappa shape index (κ3) is 4.70. The fourth-order valence-corrected chi connectivity index (χ4v) is 11.2. The zero-order valence-electron chi connectivity index (χ0n) is 33.6. The molecule has 14 nitrogen and oxygen atoms in total. The van der Waals surface area contributed by atoms with Crippen molar-refractivity contribution in [2.45, 2.75) is 0 Å². The Bertz CT molecular complexity index is 4420. The topological polar surface area (TPSA) is 157 Å². The number of benzene rings is 5. The number of para-hydroxylation sites is 1. The Morgan fingerprint density at radius 1 is 0.415 bits per heavy atom. The second-order valence-corrected chi connectivity index (χ2v) is 17.0. The molecular weight excluding hydrogens is 831 g/mol. The molecular formula is C50H25N13OS. The van der Waals surface area contributed by atoms with Crippen LogP contribution in [0.1, 0.15) is 0 Å². The summed E-state index contributed by atoms with van der Waals surface area (Å²) in [6, 6.07) is 40.8. The first-order valence-corrected chi connectivity index (χ1v) is 21.6. The first-order chi connectivity index (χ1) is 32.2. The number of fused-ring (bicyclic) bond motifs is 15. The summed E-state index contributed by atoms with van der Waals surface area (Å²) in [7, 11) is 0. The van der Waals surface area contributed by atoms with E-state index in [0.717, 1.165) is 99.5 Å². The predicted octanol–water partition coefficient (Wildman–Crippen LogP) is 10.9. The number of hydrogen-bond acceptors (Lipinski definition) is 12. The van der Waals surface area contributed by atoms with E-state index in [9.17, 15) is 0 Å². The van der Waals surface area contributed by atoms with E-state index < -0.39 is 0 Å². The van der Waals surface area contributed by atoms with E-state index in [4.69, 9.17) is 4.42 Å². The number of nitrogens with zero attached hydrogens (tertiary/aromatic N) is 13. The summed E-state index contributed by atoms with van der Waals surface area (Å²) in [4.78, 5) is 0. The molecule has 15 heteroatoms. The normalized spacial score (nSPS) is 12.3. The Morgan fingerprint density at radius 2 is 1.05 bits per heavy atom. The number of furan rings is 1. The molecule has 0 aliphatic rings. The fourth-order valence-electron chi connectivity index (χ4n) is 9.97. The van der Waals surface area contributed by atoms with Gasteiger partial charge in [0, 0.05) is 48.6 Å². The standard InChI is InChI=1S/C50H25N13OS/c1-2-6-36-29(4-1)32-20-26(31-22-28(23-34-35-24-55-56-25-43(35)64-49(31)34)62-40-14-18-53-59-47(40)48-41(62)15-19-54-60-48)8-10-37(32)63(36)42-7-3-5-30-33-21-27(9-11-44(33)65-50(30)42)61-38-12-16-51-57-45(38)46-39(61)13-17-52-58-46/h1-25H. The van der Waals surface area contributed by atoms with E-state index in [0.29, 0.717) is 16.6 Å². The number of rotatable bonds is 4. The first-order valence-electron chi connectivity index (χ1n) is 20.8. The van der Waals surface area contributed by atoms with Crippen LogP contribution in [0.2, 0.25) is 0 Å². The molecule has 10 aromatic heterocycles. The molecule has 0 saturated carbocycles. The van der Waals surface area contributed by atoms with Crippen LogP contribution in [0.3, 0.4) is 0 Å². The maximum absolute atomic E-state index is 6.64. The second kappa shape index (κ2) is 12.7. The molecule has 0 atom stereocenters. The van der Waals surface area contributed by atoms with Crippen LogP contribution in [-0.2, 0) is 0 Å². The molecule has 0 spiro atoms. The highest BCUT2D eigenvalue weighted by atomic mass is 32.1. The first kappa shape index (κ1) is 34.5. The molecule has 0 N–H and O–H groups in total. The lowest BCUT2D eigenvalue weighted by Gasteiger charge is -2.12. The summed E-state index contributed by atoms with van der Waals surface area (Å²) in [5.74, 6) is 0. The summed E-state index contributed by atoms with van der Waals surface area (Å²) in [5.41, 5.74) is 15.0. The molecule has 0 saturated heterocycles. The highest BCUT2D eigenvalue weighted by Crippen LogP contribution is 2.45. The zero-order valence-corrected chi connectivity index (χ0v) is 34.4. The lowest BCUT2D eigenvalue weighted by atomic mass is 9.99. The van der Waals surface area contributed by atoms with E-state index in [1.165, 1.54) is 20.2 Å². The lowest BCUT2D eigenvalue weighted by molar-refractivity contribution is 0.666. The van der Waals surface area contributed by atoms with E-state index in [1.807, 2.05) is 24.3 Å². The molecule has 10 heterocycles. The lowest BCUT2D eigenvalue weighted by Crippen LogP contribution is -1.96. The van der Waals surface area contributed by atoms with Gasteiger partial charge in [0.05, 0.1) is 86.1 Å². The summed E-state index contributed by atoms with van der Waals surface area (Å²) in [5, 5.41) is 49.3. The third-order valence-electron chi connectivity index (χ3n) is 12.7. The van der Waals surface area contributed by atoms with Crippen molar-refractivity contribution >= 4 is 119 Å². The number of thiophene rings is 1. The summed E-state index contributed by atoms with van der Waals surface area (Å²) < 4.78 is 15.8. The van der Waals surface area contributed by atoms with Gasteiger partial charge in [-0.1, -0.05) is 36.4 Å². The maximum atomic E-state index is 6.64. The maximum Gasteiger partial charge on any atom is 0.157 e. The van der Waals surface area contributed by atoms with Crippen molar-refractivity contribution in [2.24, 2.45) is 0 Å². The third-order valence-corrected chi connectivity index (χ3v) is 13.9. The van der Waals surface area contributed by atoms with Crippen molar-refractivity contribution in [1.29, 1.82) is 0 Å². The molecule has 0 aliphatic carbocycles. The van der Waals surface area contributed by atoms with Crippen LogP contribution in [0.4, 0.5) is 0 Å². The SMILES string of the molecule is c1cc(-n2c3ccccc3c3cc(-c4cc(-n5c6ccnnc6c6nnccc65)cc5c4oc4cnncc45)ccc32)c2sc3ccc(-n4c5ccnnc5c5nnccc54)cc3c2c1. The van der Waals surface area contributed by atoms with E-state index in [2.05, 4.69) is 156 Å². The summed E-state index contributed by atoms with van der Waals surface area (Å²) in [6.45, 7) is 0. The summed E-state index contributed by atoms with van der Waals surface area (Å²) >= 11 is 1.81. The molecule has 15 aromatic rings. The highest BCUT2D eigenvalue weighted by molar-refractivity contribution is 7.26. The van der Waals surface area contributed by atoms with Crippen LogP contribution in [0.5, 0.6) is 0 Å². The van der Waals surface area contributed by atoms with Gasteiger partial charge in [0.25, 0.3) is 0 Å². The minimum Gasteiger partial charge on any atom is -0.454 e. The van der Waals surface area contributed by atoms with Crippen LogP contribution in [0, 0.1) is 0 Å². The van der Waals surface area contributed by atoms with Crippen LogP contribution in [-0.4, -0.2) is 64.7 Å². The minimum atomic E-state index is 0.660. The van der Waals surface area contributed by atoms with Crippen LogP contribution in [0.25, 0.3) is 136 Å². The van der Waals surface area contributed by atoms with E-state index >= 15 is 0 Å². The molecule has 15 rings (SSSR count). The molecule has 0 radical (unpaired) electrons. The average molecular weight is 856 g/mol. The van der Waals surface area contributed by atoms with Gasteiger partial charge in [0.2, 0.25) is 0 Å². The Kier molecular flexibility index (Phi) is 6.77. The molecule has 0 amide bonds. The van der Waals surface area contributed by atoms with E-state index in [1.54, 1.807) is 48.5 Å². The van der Waals surface area contributed by atoms with Crippen molar-refractivity contribution in [3.05, 3.63) is 152 Å². The van der Waals surface area contributed by atoms with Gasteiger partial charge in [-0.05, 0) is 84.4 Å². The van der Waals surface area contributed by atoms with Crippen molar-refractivity contribution in [3.63, 3.8) is 0 Å².